The van der Waals surface area contributed by atoms with Gasteiger partial charge in [0.25, 0.3) is 5.91 Å². The highest BCUT2D eigenvalue weighted by molar-refractivity contribution is 5.95. The first-order valence-electron chi connectivity index (χ1n) is 9.16. The van der Waals surface area contributed by atoms with E-state index in [0.29, 0.717) is 18.2 Å². The molecule has 1 fully saturated rings. The van der Waals surface area contributed by atoms with Gasteiger partial charge in [-0.2, -0.15) is 0 Å². The first-order valence-corrected chi connectivity index (χ1v) is 9.16. The normalized spacial score (nSPS) is 18.2. The summed E-state index contributed by atoms with van der Waals surface area (Å²) in [4.78, 5) is 26.2. The summed E-state index contributed by atoms with van der Waals surface area (Å²) in [6, 6.07) is 15.9. The van der Waals surface area contributed by atoms with Crippen LogP contribution in [0.5, 0.6) is 0 Å². The zero-order chi connectivity index (χ0) is 18.1. The first-order chi connectivity index (χ1) is 12.6. The van der Waals surface area contributed by atoms with Crippen LogP contribution in [0.1, 0.15) is 52.4 Å². The number of carbonyl (C=O) groups excluding carboxylic acids is 2. The Balaban J connectivity index is 1.54. The van der Waals surface area contributed by atoms with Crippen molar-refractivity contribution < 1.29 is 9.59 Å². The molecule has 0 saturated heterocycles. The van der Waals surface area contributed by atoms with E-state index in [1.807, 2.05) is 24.3 Å². The lowest BCUT2D eigenvalue weighted by atomic mass is 10.0. The lowest BCUT2D eigenvalue weighted by Gasteiger charge is -2.30. The van der Waals surface area contributed by atoms with Gasteiger partial charge in [-0.25, -0.2) is 4.79 Å². The molecule has 2 aliphatic carbocycles. The van der Waals surface area contributed by atoms with Crippen LogP contribution in [-0.4, -0.2) is 22.9 Å². The van der Waals surface area contributed by atoms with Crippen LogP contribution >= 0.6 is 0 Å². The maximum atomic E-state index is 13.2. The molecule has 0 spiro atoms. The van der Waals surface area contributed by atoms with Crippen LogP contribution < -0.4 is 11.1 Å². The van der Waals surface area contributed by atoms with Gasteiger partial charge in [-0.15, -0.1) is 0 Å². The molecule has 1 saturated carbocycles. The van der Waals surface area contributed by atoms with Crippen molar-refractivity contribution in [3.8, 4) is 0 Å². The van der Waals surface area contributed by atoms with Crippen LogP contribution in [0, 0.1) is 0 Å². The summed E-state index contributed by atoms with van der Waals surface area (Å²) in [6.07, 6.45) is 4.22. The number of fused-ring (bicyclic) bond motifs is 1. The van der Waals surface area contributed by atoms with Gasteiger partial charge in [0, 0.05) is 18.2 Å². The van der Waals surface area contributed by atoms with E-state index in [-0.39, 0.29) is 11.9 Å². The molecule has 2 aromatic rings. The van der Waals surface area contributed by atoms with Crippen LogP contribution in [0.25, 0.3) is 0 Å². The summed E-state index contributed by atoms with van der Waals surface area (Å²) in [5.74, 6) is 0.101. The van der Waals surface area contributed by atoms with Gasteiger partial charge in [0.2, 0.25) is 0 Å². The molecule has 134 valence electrons. The van der Waals surface area contributed by atoms with Crippen molar-refractivity contribution in [3.05, 3.63) is 70.8 Å². The minimum absolute atomic E-state index is 0.101. The highest BCUT2D eigenvalue weighted by Crippen LogP contribution is 2.42. The lowest BCUT2D eigenvalue weighted by molar-refractivity contribution is 0.0658. The predicted octanol–water partition coefficient (Wildman–Crippen LogP) is 3.15. The number of hydrogen-bond donors (Lipinski definition) is 2. The molecule has 0 aliphatic heterocycles. The monoisotopic (exact) mass is 349 g/mol. The quantitative estimate of drug-likeness (QED) is 0.870. The van der Waals surface area contributed by atoms with Gasteiger partial charge in [-0.3, -0.25) is 4.79 Å². The number of nitrogens with zero attached hydrogens (tertiary/aromatic N) is 1. The molecule has 1 unspecified atom stereocenters. The smallest absolute Gasteiger partial charge is 0.312 e. The molecular formula is C21H23N3O2. The second-order valence-electron chi connectivity index (χ2n) is 7.11. The van der Waals surface area contributed by atoms with Crippen molar-refractivity contribution in [2.45, 2.75) is 44.3 Å². The van der Waals surface area contributed by atoms with E-state index in [2.05, 4.69) is 34.5 Å². The van der Waals surface area contributed by atoms with Crippen molar-refractivity contribution in [1.29, 1.82) is 0 Å². The van der Waals surface area contributed by atoms with Gasteiger partial charge >= 0.3 is 6.03 Å². The summed E-state index contributed by atoms with van der Waals surface area (Å²) < 4.78 is 0. The minimum Gasteiger partial charge on any atom is -0.352 e. The number of rotatable bonds is 5. The molecule has 3 N–H and O–H groups in total. The molecular weight excluding hydrogens is 326 g/mol. The van der Waals surface area contributed by atoms with Crippen LogP contribution in [-0.2, 0) is 13.0 Å². The number of nitrogens with two attached hydrogens (primary N) is 1. The largest absolute Gasteiger partial charge is 0.352 e. The molecule has 3 amide bonds. The van der Waals surface area contributed by atoms with E-state index in [4.69, 9.17) is 5.73 Å². The maximum Gasteiger partial charge on any atom is 0.312 e. The van der Waals surface area contributed by atoms with Gasteiger partial charge in [-0.05, 0) is 54.5 Å². The molecule has 5 heteroatoms. The highest BCUT2D eigenvalue weighted by atomic mass is 16.2. The average Bonchev–Trinajstić information content (AvgIpc) is 3.40. The molecule has 0 radical (unpaired) electrons. The zero-order valence-electron chi connectivity index (χ0n) is 14.7. The van der Waals surface area contributed by atoms with Gasteiger partial charge in [0.15, 0.2) is 0 Å². The van der Waals surface area contributed by atoms with Crippen LogP contribution in [0.15, 0.2) is 48.5 Å². The number of benzene rings is 2. The topological polar surface area (TPSA) is 75.4 Å². The summed E-state index contributed by atoms with van der Waals surface area (Å²) in [7, 11) is 0. The number of urea groups is 1. The summed E-state index contributed by atoms with van der Waals surface area (Å²) in [6.45, 7) is 0.367. The Bertz CT molecular complexity index is 827. The summed E-state index contributed by atoms with van der Waals surface area (Å²) >= 11 is 0. The van der Waals surface area contributed by atoms with Gasteiger partial charge < -0.3 is 16.0 Å². The van der Waals surface area contributed by atoms with E-state index in [0.717, 1.165) is 31.2 Å². The van der Waals surface area contributed by atoms with Crippen molar-refractivity contribution in [3.63, 3.8) is 0 Å². The Kier molecular flexibility index (Phi) is 4.37. The SMILES string of the molecule is NC(=O)NCc1ccc(C(=O)N(C2CC2)C2CCc3ccccc32)cc1. The number of hydrogen-bond acceptors (Lipinski definition) is 2. The predicted molar refractivity (Wildman–Crippen MR) is 99.6 cm³/mol. The fourth-order valence-electron chi connectivity index (χ4n) is 3.84. The third kappa shape index (κ3) is 3.29. The molecule has 0 bridgehead atoms. The van der Waals surface area contributed by atoms with Crippen LogP contribution in [0.4, 0.5) is 4.79 Å². The number of amides is 3. The second kappa shape index (κ2) is 6.83. The van der Waals surface area contributed by atoms with Gasteiger partial charge in [0.05, 0.1) is 6.04 Å². The summed E-state index contributed by atoms with van der Waals surface area (Å²) in [5.41, 5.74) is 9.38. The molecule has 5 nitrogen and oxygen atoms in total. The van der Waals surface area contributed by atoms with E-state index >= 15 is 0 Å². The van der Waals surface area contributed by atoms with Gasteiger partial charge in [-0.1, -0.05) is 36.4 Å². The second-order valence-corrected chi connectivity index (χ2v) is 7.11. The Morgan fingerprint density at radius 3 is 2.46 bits per heavy atom. The fourth-order valence-corrected chi connectivity index (χ4v) is 3.84. The maximum absolute atomic E-state index is 13.2. The van der Waals surface area contributed by atoms with Crippen molar-refractivity contribution in [1.82, 2.24) is 10.2 Å². The Morgan fingerprint density at radius 1 is 1.04 bits per heavy atom. The third-order valence-electron chi connectivity index (χ3n) is 5.28. The standard InChI is InChI=1S/C21H23N3O2/c22-21(26)23-13-14-5-7-16(8-6-14)20(25)24(17-10-11-17)19-12-9-15-3-1-2-4-18(15)19/h1-8,17,19H,9-13H2,(H3,22,23,26). The fraction of sp³-hybridized carbons (Fsp3) is 0.333. The number of nitrogens with one attached hydrogen (secondary N) is 1. The molecule has 0 aromatic heterocycles. The molecule has 4 rings (SSSR count). The van der Waals surface area contributed by atoms with Crippen molar-refractivity contribution >= 4 is 11.9 Å². The van der Waals surface area contributed by atoms with E-state index < -0.39 is 6.03 Å². The van der Waals surface area contributed by atoms with E-state index in [1.165, 1.54) is 11.1 Å². The van der Waals surface area contributed by atoms with Crippen molar-refractivity contribution in [2.24, 2.45) is 5.73 Å². The minimum atomic E-state index is -0.551. The highest BCUT2D eigenvalue weighted by Gasteiger charge is 2.40. The number of aryl methyl sites for hydroxylation is 1. The summed E-state index contributed by atoms with van der Waals surface area (Å²) in [5, 5.41) is 2.56. The molecule has 2 aromatic carbocycles. The Hall–Kier alpha value is -2.82. The van der Waals surface area contributed by atoms with E-state index in [9.17, 15) is 9.59 Å². The van der Waals surface area contributed by atoms with E-state index in [1.54, 1.807) is 0 Å². The molecule has 2 aliphatic rings. The lowest BCUT2D eigenvalue weighted by Crippen LogP contribution is -2.36. The molecule has 1 atom stereocenters. The van der Waals surface area contributed by atoms with Gasteiger partial charge in [0.1, 0.15) is 0 Å². The zero-order valence-corrected chi connectivity index (χ0v) is 14.7. The average molecular weight is 349 g/mol. The number of primary amides is 1. The Labute approximate surface area is 153 Å². The van der Waals surface area contributed by atoms with Crippen LogP contribution in [0.2, 0.25) is 0 Å². The molecule has 0 heterocycles. The molecule has 26 heavy (non-hydrogen) atoms. The Morgan fingerprint density at radius 2 is 1.77 bits per heavy atom. The van der Waals surface area contributed by atoms with Crippen LogP contribution in [0.3, 0.4) is 0 Å². The third-order valence-corrected chi connectivity index (χ3v) is 5.28. The number of carbonyl (C=O) groups is 2. The first kappa shape index (κ1) is 16.6. The van der Waals surface area contributed by atoms with Crippen molar-refractivity contribution in [2.75, 3.05) is 0 Å².